The zero-order valence-corrected chi connectivity index (χ0v) is 15.4. The molecule has 0 bridgehead atoms. The van der Waals surface area contributed by atoms with Crippen molar-refractivity contribution >= 4 is 18.0 Å². The van der Waals surface area contributed by atoms with Crippen LogP contribution in [0.4, 0.5) is 0 Å². The van der Waals surface area contributed by atoms with E-state index in [1.54, 1.807) is 29.2 Å². The minimum Gasteiger partial charge on any atom is -0.493 e. The average molecular weight is 387 g/mol. The number of nitrogens with one attached hydrogen (secondary N) is 1. The fourth-order valence-corrected chi connectivity index (χ4v) is 2.56. The predicted octanol–water partition coefficient (Wildman–Crippen LogP) is 1.29. The molecule has 1 aromatic carbocycles. The lowest BCUT2D eigenvalue weighted by Crippen LogP contribution is -2.43. The molecule has 148 valence electrons. The van der Waals surface area contributed by atoms with Crippen molar-refractivity contribution < 1.29 is 28.2 Å². The second kappa shape index (κ2) is 9.56. The molecule has 2 heterocycles. The summed E-state index contributed by atoms with van der Waals surface area (Å²) in [6.07, 6.45) is 2.87. The summed E-state index contributed by atoms with van der Waals surface area (Å²) >= 11 is 0. The molecule has 2 aromatic rings. The van der Waals surface area contributed by atoms with Gasteiger partial charge in [0.1, 0.15) is 0 Å². The van der Waals surface area contributed by atoms with Crippen LogP contribution in [0.1, 0.15) is 16.1 Å². The highest BCUT2D eigenvalue weighted by atomic mass is 16.5. The maximum absolute atomic E-state index is 12.2. The molecule has 1 N–H and O–H groups in total. The van der Waals surface area contributed by atoms with E-state index in [0.29, 0.717) is 43.4 Å². The van der Waals surface area contributed by atoms with Crippen LogP contribution in [0.25, 0.3) is 0 Å². The molecule has 1 saturated heterocycles. The first kappa shape index (κ1) is 19.4. The number of benzene rings is 1. The fraction of sp³-hybridized carbons (Fsp3) is 0.316. The van der Waals surface area contributed by atoms with Crippen molar-refractivity contribution in [1.82, 2.24) is 10.3 Å². The Morgan fingerprint density at radius 1 is 1.25 bits per heavy atom. The van der Waals surface area contributed by atoms with Crippen LogP contribution in [0.5, 0.6) is 11.5 Å². The van der Waals surface area contributed by atoms with Crippen molar-refractivity contribution in [2.75, 3.05) is 40.0 Å². The van der Waals surface area contributed by atoms with Crippen LogP contribution in [0, 0.1) is 0 Å². The highest BCUT2D eigenvalue weighted by Gasteiger charge is 2.18. The molecule has 0 spiro atoms. The summed E-state index contributed by atoms with van der Waals surface area (Å²) in [5.41, 5.74) is 3.05. The van der Waals surface area contributed by atoms with Crippen LogP contribution >= 0.6 is 0 Å². The molecule has 1 aromatic heterocycles. The number of ether oxygens (including phenoxy) is 3. The Morgan fingerprint density at radius 3 is 2.79 bits per heavy atom. The van der Waals surface area contributed by atoms with Gasteiger partial charge in [-0.25, -0.2) is 5.43 Å². The molecule has 0 atom stereocenters. The smallest absolute Gasteiger partial charge is 0.307 e. The third kappa shape index (κ3) is 5.10. The number of nitrogens with zero attached hydrogens (tertiary/aromatic N) is 2. The molecule has 9 heteroatoms. The Hall–Kier alpha value is -3.33. The molecule has 28 heavy (non-hydrogen) atoms. The highest BCUT2D eigenvalue weighted by Crippen LogP contribution is 2.27. The lowest BCUT2D eigenvalue weighted by atomic mass is 10.2. The third-order valence-corrected chi connectivity index (χ3v) is 4.03. The van der Waals surface area contributed by atoms with Gasteiger partial charge < -0.3 is 23.5 Å². The molecule has 1 aliphatic rings. The first-order valence-corrected chi connectivity index (χ1v) is 8.70. The normalized spacial score (nSPS) is 14.1. The van der Waals surface area contributed by atoms with Crippen LogP contribution < -0.4 is 14.9 Å². The van der Waals surface area contributed by atoms with Crippen molar-refractivity contribution in [3.63, 3.8) is 0 Å². The van der Waals surface area contributed by atoms with Gasteiger partial charge in [-0.05, 0) is 35.9 Å². The number of methoxy groups -OCH3 is 1. The van der Waals surface area contributed by atoms with Crippen LogP contribution in [0.3, 0.4) is 0 Å². The van der Waals surface area contributed by atoms with E-state index in [2.05, 4.69) is 10.5 Å². The Kier molecular flexibility index (Phi) is 6.64. The molecule has 1 aliphatic heterocycles. The van der Waals surface area contributed by atoms with Gasteiger partial charge in [0.15, 0.2) is 23.9 Å². The predicted molar refractivity (Wildman–Crippen MR) is 99.7 cm³/mol. The largest absolute Gasteiger partial charge is 0.493 e. The van der Waals surface area contributed by atoms with E-state index in [-0.39, 0.29) is 18.3 Å². The number of hydrogen-bond donors (Lipinski definition) is 1. The van der Waals surface area contributed by atoms with Crippen molar-refractivity contribution in [2.24, 2.45) is 5.10 Å². The first-order valence-electron chi connectivity index (χ1n) is 8.70. The summed E-state index contributed by atoms with van der Waals surface area (Å²) in [6, 6.07) is 8.27. The molecule has 0 unspecified atom stereocenters. The quantitative estimate of drug-likeness (QED) is 0.567. The number of carbonyl (C=O) groups excluding carboxylic acids is 2. The summed E-state index contributed by atoms with van der Waals surface area (Å²) in [7, 11) is 1.51. The number of hydrazone groups is 1. The van der Waals surface area contributed by atoms with Gasteiger partial charge in [0, 0.05) is 13.1 Å². The molecule has 9 nitrogen and oxygen atoms in total. The van der Waals surface area contributed by atoms with Gasteiger partial charge in [0.2, 0.25) is 0 Å². The summed E-state index contributed by atoms with van der Waals surface area (Å²) in [5.74, 6) is 0.520. The van der Waals surface area contributed by atoms with Gasteiger partial charge in [0.05, 0.1) is 32.8 Å². The van der Waals surface area contributed by atoms with E-state index in [0.717, 1.165) is 0 Å². The van der Waals surface area contributed by atoms with Crippen molar-refractivity contribution in [1.29, 1.82) is 0 Å². The first-order chi connectivity index (χ1) is 13.7. The lowest BCUT2D eigenvalue weighted by molar-refractivity contribution is -0.137. The Morgan fingerprint density at radius 2 is 2.07 bits per heavy atom. The Labute approximate surface area is 161 Å². The van der Waals surface area contributed by atoms with E-state index in [1.807, 2.05) is 0 Å². The Balaban J connectivity index is 1.56. The van der Waals surface area contributed by atoms with Crippen LogP contribution in [0.2, 0.25) is 0 Å². The number of furan rings is 1. The van der Waals surface area contributed by atoms with E-state index >= 15 is 0 Å². The standard InChI is InChI=1S/C19H21N3O6/c1-25-17-11-14(12-20-21-19(24)16-3-2-8-27-16)4-5-15(17)28-13-18(23)22-6-9-26-10-7-22/h2-5,8,11-12H,6-7,9-10,13H2,1H3,(H,21,24)/b20-12+. The summed E-state index contributed by atoms with van der Waals surface area (Å²) in [4.78, 5) is 25.6. The van der Waals surface area contributed by atoms with E-state index in [9.17, 15) is 9.59 Å². The minimum atomic E-state index is -0.449. The average Bonchev–Trinajstić information content (AvgIpc) is 3.28. The molecule has 1 fully saturated rings. The topological polar surface area (TPSA) is 103 Å². The number of carbonyl (C=O) groups is 2. The van der Waals surface area contributed by atoms with Crippen LogP contribution in [-0.4, -0.2) is 62.9 Å². The van der Waals surface area contributed by atoms with Gasteiger partial charge >= 0.3 is 5.91 Å². The van der Waals surface area contributed by atoms with Crippen LogP contribution in [0.15, 0.2) is 46.1 Å². The third-order valence-electron chi connectivity index (χ3n) is 4.03. The maximum atomic E-state index is 12.2. The number of morpholine rings is 1. The molecular weight excluding hydrogens is 366 g/mol. The minimum absolute atomic E-state index is 0.0804. The SMILES string of the molecule is COc1cc(/C=N/NC(=O)c2ccco2)ccc1OCC(=O)N1CCOCC1. The van der Waals surface area contributed by atoms with Crippen molar-refractivity contribution in [2.45, 2.75) is 0 Å². The number of rotatable bonds is 7. The van der Waals surface area contributed by atoms with E-state index in [4.69, 9.17) is 18.6 Å². The Bertz CT molecular complexity index is 828. The van der Waals surface area contributed by atoms with E-state index in [1.165, 1.54) is 25.7 Å². The van der Waals surface area contributed by atoms with Crippen molar-refractivity contribution in [3.8, 4) is 11.5 Å². The second-order valence-electron chi connectivity index (χ2n) is 5.87. The molecule has 0 radical (unpaired) electrons. The molecule has 3 rings (SSSR count). The maximum Gasteiger partial charge on any atom is 0.307 e. The molecule has 0 saturated carbocycles. The zero-order chi connectivity index (χ0) is 19.8. The second-order valence-corrected chi connectivity index (χ2v) is 5.87. The zero-order valence-electron chi connectivity index (χ0n) is 15.4. The van der Waals surface area contributed by atoms with Crippen molar-refractivity contribution in [3.05, 3.63) is 47.9 Å². The lowest BCUT2D eigenvalue weighted by Gasteiger charge is -2.26. The molecule has 0 aliphatic carbocycles. The van der Waals surface area contributed by atoms with Gasteiger partial charge in [0.25, 0.3) is 5.91 Å². The summed E-state index contributed by atoms with van der Waals surface area (Å²) < 4.78 is 21.1. The summed E-state index contributed by atoms with van der Waals surface area (Å²) in [5, 5.41) is 3.88. The summed E-state index contributed by atoms with van der Waals surface area (Å²) in [6.45, 7) is 2.14. The molecule has 2 amide bonds. The number of amides is 2. The van der Waals surface area contributed by atoms with Gasteiger partial charge in [-0.15, -0.1) is 0 Å². The van der Waals surface area contributed by atoms with Gasteiger partial charge in [-0.2, -0.15) is 5.10 Å². The monoisotopic (exact) mass is 387 g/mol. The van der Waals surface area contributed by atoms with Gasteiger partial charge in [-0.1, -0.05) is 0 Å². The molecular formula is C19H21N3O6. The van der Waals surface area contributed by atoms with Gasteiger partial charge in [-0.3, -0.25) is 9.59 Å². The van der Waals surface area contributed by atoms with E-state index < -0.39 is 5.91 Å². The fourth-order valence-electron chi connectivity index (χ4n) is 2.56. The van der Waals surface area contributed by atoms with Crippen LogP contribution in [-0.2, 0) is 9.53 Å². The number of hydrogen-bond acceptors (Lipinski definition) is 7. The highest BCUT2D eigenvalue weighted by molar-refractivity contribution is 5.92.